The SMILES string of the molecule is O=C(Cc1ccc(Br)cc1)Nc1ccc([N+](=O)[O-])cc1C(=O)c1ccccc1. The Morgan fingerprint density at radius 3 is 2.29 bits per heavy atom. The van der Waals surface area contributed by atoms with Crippen molar-refractivity contribution in [1.29, 1.82) is 0 Å². The van der Waals surface area contributed by atoms with Crippen molar-refractivity contribution < 1.29 is 14.5 Å². The zero-order valence-corrected chi connectivity index (χ0v) is 16.2. The van der Waals surface area contributed by atoms with Crippen LogP contribution in [0.2, 0.25) is 0 Å². The molecule has 1 amide bonds. The molecule has 140 valence electrons. The van der Waals surface area contributed by atoms with E-state index in [9.17, 15) is 19.7 Å². The first kappa shape index (κ1) is 19.4. The van der Waals surface area contributed by atoms with Crippen molar-refractivity contribution in [3.05, 3.63) is 104 Å². The summed E-state index contributed by atoms with van der Waals surface area (Å²) in [5.74, 6) is -0.721. The molecule has 0 bridgehead atoms. The number of carbonyl (C=O) groups is 2. The summed E-state index contributed by atoms with van der Waals surface area (Å²) < 4.78 is 0.905. The fourth-order valence-electron chi connectivity index (χ4n) is 2.67. The summed E-state index contributed by atoms with van der Waals surface area (Å²) in [6, 6.07) is 19.5. The lowest BCUT2D eigenvalue weighted by molar-refractivity contribution is -0.384. The van der Waals surface area contributed by atoms with Crippen LogP contribution in [0.3, 0.4) is 0 Å². The average molecular weight is 439 g/mol. The molecule has 0 aromatic heterocycles. The van der Waals surface area contributed by atoms with Gasteiger partial charge >= 0.3 is 0 Å². The molecule has 28 heavy (non-hydrogen) atoms. The number of hydrogen-bond donors (Lipinski definition) is 1. The molecule has 0 heterocycles. The van der Waals surface area contributed by atoms with Gasteiger partial charge in [-0.05, 0) is 23.8 Å². The van der Waals surface area contributed by atoms with E-state index in [2.05, 4.69) is 21.2 Å². The Bertz CT molecular complexity index is 1030. The van der Waals surface area contributed by atoms with Gasteiger partial charge < -0.3 is 5.32 Å². The second-order valence-corrected chi connectivity index (χ2v) is 6.95. The highest BCUT2D eigenvalue weighted by molar-refractivity contribution is 9.10. The molecule has 1 N–H and O–H groups in total. The van der Waals surface area contributed by atoms with E-state index in [4.69, 9.17) is 0 Å². The van der Waals surface area contributed by atoms with Gasteiger partial charge in [0.1, 0.15) is 0 Å². The number of ketones is 1. The number of nitrogens with zero attached hydrogens (tertiary/aromatic N) is 1. The van der Waals surface area contributed by atoms with E-state index in [1.54, 1.807) is 30.3 Å². The number of nitrogens with one attached hydrogen (secondary N) is 1. The number of nitro benzene ring substituents is 1. The molecule has 0 radical (unpaired) electrons. The highest BCUT2D eigenvalue weighted by Gasteiger charge is 2.19. The molecule has 7 heteroatoms. The number of amides is 1. The van der Waals surface area contributed by atoms with Gasteiger partial charge in [0.25, 0.3) is 5.69 Å². The maximum absolute atomic E-state index is 12.8. The molecule has 0 saturated carbocycles. The molecule has 6 nitrogen and oxygen atoms in total. The second-order valence-electron chi connectivity index (χ2n) is 6.03. The molecule has 0 atom stereocenters. The topological polar surface area (TPSA) is 89.3 Å². The molecule has 0 fully saturated rings. The quantitative estimate of drug-likeness (QED) is 0.341. The molecule has 0 saturated heterocycles. The van der Waals surface area contributed by atoms with Gasteiger partial charge in [0, 0.05) is 22.2 Å². The minimum Gasteiger partial charge on any atom is -0.325 e. The maximum atomic E-state index is 12.8. The average Bonchev–Trinajstić information content (AvgIpc) is 2.70. The monoisotopic (exact) mass is 438 g/mol. The summed E-state index contributed by atoms with van der Waals surface area (Å²) >= 11 is 3.34. The van der Waals surface area contributed by atoms with Gasteiger partial charge in [0.2, 0.25) is 5.91 Å². The van der Waals surface area contributed by atoms with Crippen LogP contribution in [0, 0.1) is 10.1 Å². The molecule has 0 aliphatic heterocycles. The highest BCUT2D eigenvalue weighted by atomic mass is 79.9. The Kier molecular flexibility index (Phi) is 5.96. The fourth-order valence-corrected chi connectivity index (χ4v) is 2.93. The zero-order chi connectivity index (χ0) is 20.1. The molecule has 0 unspecified atom stereocenters. The van der Waals surface area contributed by atoms with E-state index < -0.39 is 10.7 Å². The van der Waals surface area contributed by atoms with Crippen molar-refractivity contribution in [1.82, 2.24) is 0 Å². The number of carbonyl (C=O) groups excluding carboxylic acids is 2. The first-order chi connectivity index (χ1) is 13.4. The molecule has 0 aliphatic carbocycles. The lowest BCUT2D eigenvalue weighted by Gasteiger charge is -2.11. The van der Waals surface area contributed by atoms with E-state index in [1.165, 1.54) is 18.2 Å². The van der Waals surface area contributed by atoms with Crippen molar-refractivity contribution in [3.63, 3.8) is 0 Å². The van der Waals surface area contributed by atoms with Gasteiger partial charge in [-0.1, -0.05) is 58.4 Å². The van der Waals surface area contributed by atoms with Crippen molar-refractivity contribution in [3.8, 4) is 0 Å². The second kappa shape index (κ2) is 8.58. The zero-order valence-electron chi connectivity index (χ0n) is 14.6. The largest absolute Gasteiger partial charge is 0.325 e. The molecule has 3 aromatic rings. The summed E-state index contributed by atoms with van der Waals surface area (Å²) in [5.41, 5.74) is 1.28. The van der Waals surface area contributed by atoms with Gasteiger partial charge in [-0.15, -0.1) is 0 Å². The minimum atomic E-state index is -0.574. The Morgan fingerprint density at radius 1 is 0.964 bits per heavy atom. The Hall–Kier alpha value is -3.32. The number of nitro groups is 1. The van der Waals surface area contributed by atoms with Gasteiger partial charge in [0.15, 0.2) is 5.78 Å². The molecular weight excluding hydrogens is 424 g/mol. The van der Waals surface area contributed by atoms with Crippen LogP contribution in [-0.4, -0.2) is 16.6 Å². The summed E-state index contributed by atoms with van der Waals surface area (Å²) in [6.07, 6.45) is 0.114. The summed E-state index contributed by atoms with van der Waals surface area (Å²) in [7, 11) is 0. The van der Waals surface area contributed by atoms with Crippen LogP contribution < -0.4 is 5.32 Å². The third-order valence-corrected chi connectivity index (χ3v) is 4.58. The van der Waals surface area contributed by atoms with E-state index in [1.807, 2.05) is 24.3 Å². The third-order valence-electron chi connectivity index (χ3n) is 4.05. The summed E-state index contributed by atoms with van der Waals surface area (Å²) in [5, 5.41) is 13.8. The maximum Gasteiger partial charge on any atom is 0.270 e. The third kappa shape index (κ3) is 4.69. The number of rotatable bonds is 6. The lowest BCUT2D eigenvalue weighted by atomic mass is 10.0. The normalized spacial score (nSPS) is 10.3. The first-order valence-corrected chi connectivity index (χ1v) is 9.16. The number of halogens is 1. The van der Waals surface area contributed by atoms with E-state index in [-0.39, 0.29) is 29.3 Å². The van der Waals surface area contributed by atoms with Crippen LogP contribution >= 0.6 is 15.9 Å². The Labute approximate surface area is 169 Å². The van der Waals surface area contributed by atoms with Crippen molar-refractivity contribution >= 4 is 39.0 Å². The van der Waals surface area contributed by atoms with Crippen LogP contribution in [0.25, 0.3) is 0 Å². The number of non-ortho nitro benzene ring substituents is 1. The molecule has 3 aromatic carbocycles. The molecule has 0 aliphatic rings. The van der Waals surface area contributed by atoms with E-state index >= 15 is 0 Å². The van der Waals surface area contributed by atoms with Gasteiger partial charge in [-0.3, -0.25) is 19.7 Å². The summed E-state index contributed by atoms with van der Waals surface area (Å²) in [4.78, 5) is 35.8. The Balaban J connectivity index is 1.89. The van der Waals surface area contributed by atoms with Crippen molar-refractivity contribution in [2.24, 2.45) is 0 Å². The van der Waals surface area contributed by atoms with E-state index in [0.717, 1.165) is 10.0 Å². The van der Waals surface area contributed by atoms with Crippen LogP contribution in [0.5, 0.6) is 0 Å². The minimum absolute atomic E-state index is 0.0737. The van der Waals surface area contributed by atoms with Crippen molar-refractivity contribution in [2.75, 3.05) is 5.32 Å². The molecular formula is C21H15BrN2O4. The highest BCUT2D eigenvalue weighted by Crippen LogP contribution is 2.25. The van der Waals surface area contributed by atoms with Gasteiger partial charge in [-0.25, -0.2) is 0 Å². The molecule has 0 spiro atoms. The van der Waals surface area contributed by atoms with Crippen LogP contribution in [0.15, 0.2) is 77.3 Å². The smallest absolute Gasteiger partial charge is 0.270 e. The van der Waals surface area contributed by atoms with Crippen LogP contribution in [0.4, 0.5) is 11.4 Å². The number of hydrogen-bond acceptors (Lipinski definition) is 4. The number of anilines is 1. The first-order valence-electron chi connectivity index (χ1n) is 8.36. The summed E-state index contributed by atoms with van der Waals surface area (Å²) in [6.45, 7) is 0. The van der Waals surface area contributed by atoms with E-state index in [0.29, 0.717) is 5.56 Å². The predicted octanol–water partition coefficient (Wildman–Crippen LogP) is 4.77. The predicted molar refractivity (Wildman–Crippen MR) is 109 cm³/mol. The molecule has 3 rings (SSSR count). The Morgan fingerprint density at radius 2 is 1.64 bits per heavy atom. The van der Waals surface area contributed by atoms with Crippen LogP contribution in [0.1, 0.15) is 21.5 Å². The van der Waals surface area contributed by atoms with Crippen LogP contribution in [-0.2, 0) is 11.2 Å². The number of benzene rings is 3. The lowest BCUT2D eigenvalue weighted by Crippen LogP contribution is -2.17. The fraction of sp³-hybridized carbons (Fsp3) is 0.0476. The van der Waals surface area contributed by atoms with Gasteiger partial charge in [-0.2, -0.15) is 0 Å². The standard InChI is InChI=1S/C21H15BrN2O4/c22-16-8-6-14(7-9-16)12-20(25)23-19-11-10-17(24(27)28)13-18(19)21(26)15-4-2-1-3-5-15/h1-11,13H,12H2,(H,23,25). The van der Waals surface area contributed by atoms with Crippen molar-refractivity contribution in [2.45, 2.75) is 6.42 Å². The van der Waals surface area contributed by atoms with Gasteiger partial charge in [0.05, 0.1) is 22.6 Å².